The van der Waals surface area contributed by atoms with Gasteiger partial charge < -0.3 is 10.8 Å². The van der Waals surface area contributed by atoms with Crippen LogP contribution < -0.4 is 5.73 Å². The molecule has 0 saturated heterocycles. The Bertz CT molecular complexity index is 440. The van der Waals surface area contributed by atoms with Crippen molar-refractivity contribution in [1.82, 2.24) is 0 Å². The molecule has 0 spiro atoms. The fourth-order valence-electron chi connectivity index (χ4n) is 1.62. The lowest BCUT2D eigenvalue weighted by Crippen LogP contribution is -2.13. The maximum absolute atomic E-state index is 13.5. The van der Waals surface area contributed by atoms with Crippen LogP contribution in [-0.4, -0.2) is 11.1 Å². The predicted molar refractivity (Wildman–Crippen MR) is 67.1 cm³/mol. The topological polar surface area (TPSA) is 63.3 Å². The standard InChI is InChI=1S/C12H14BrF2NO2/c13-8-6-9(14)7(5-10(8)15)11(16)3-1-2-4-12(17)18/h5-6,11H,1-4,16H2,(H,17,18). The van der Waals surface area contributed by atoms with Gasteiger partial charge in [0.25, 0.3) is 0 Å². The molecule has 0 aliphatic carbocycles. The van der Waals surface area contributed by atoms with Gasteiger partial charge in [0, 0.05) is 18.0 Å². The number of benzene rings is 1. The highest BCUT2D eigenvalue weighted by atomic mass is 79.9. The minimum atomic E-state index is -0.871. The number of carboxylic acids is 1. The SMILES string of the molecule is NC(CCCCC(=O)O)c1cc(F)c(Br)cc1F. The Kier molecular flexibility index (Phi) is 5.68. The van der Waals surface area contributed by atoms with Gasteiger partial charge in [-0.25, -0.2) is 8.78 Å². The van der Waals surface area contributed by atoms with Crippen molar-refractivity contribution in [3.8, 4) is 0 Å². The lowest BCUT2D eigenvalue weighted by Gasteiger charge is -2.13. The zero-order valence-electron chi connectivity index (χ0n) is 9.63. The molecule has 0 aromatic heterocycles. The first-order chi connectivity index (χ1) is 8.41. The molecule has 18 heavy (non-hydrogen) atoms. The second-order valence-electron chi connectivity index (χ2n) is 4.03. The van der Waals surface area contributed by atoms with E-state index in [4.69, 9.17) is 10.8 Å². The van der Waals surface area contributed by atoms with E-state index in [-0.39, 0.29) is 16.5 Å². The van der Waals surface area contributed by atoms with Crippen LogP contribution in [-0.2, 0) is 4.79 Å². The number of rotatable bonds is 6. The highest BCUT2D eigenvalue weighted by Crippen LogP contribution is 2.25. The minimum absolute atomic E-state index is 0.0572. The van der Waals surface area contributed by atoms with Crippen LogP contribution in [0.1, 0.15) is 37.3 Å². The summed E-state index contributed by atoms with van der Waals surface area (Å²) < 4.78 is 26.9. The molecule has 0 aliphatic heterocycles. The molecule has 1 aromatic rings. The van der Waals surface area contributed by atoms with Crippen LogP contribution >= 0.6 is 15.9 Å². The Labute approximate surface area is 112 Å². The third-order valence-corrected chi connectivity index (χ3v) is 3.20. The zero-order chi connectivity index (χ0) is 13.7. The third-order valence-electron chi connectivity index (χ3n) is 2.59. The molecule has 0 fully saturated rings. The second-order valence-corrected chi connectivity index (χ2v) is 4.89. The number of nitrogens with two attached hydrogens (primary N) is 1. The molecule has 0 amide bonds. The van der Waals surface area contributed by atoms with E-state index >= 15 is 0 Å². The van der Waals surface area contributed by atoms with E-state index in [1.165, 1.54) is 0 Å². The van der Waals surface area contributed by atoms with Crippen LogP contribution in [0.5, 0.6) is 0 Å². The van der Waals surface area contributed by atoms with Gasteiger partial charge in [-0.05, 0) is 40.9 Å². The molecule has 1 unspecified atom stereocenters. The average Bonchev–Trinajstić information content (AvgIpc) is 2.28. The van der Waals surface area contributed by atoms with Crippen LogP contribution in [0.3, 0.4) is 0 Å². The number of carbonyl (C=O) groups is 1. The van der Waals surface area contributed by atoms with Crippen LogP contribution in [0.15, 0.2) is 16.6 Å². The zero-order valence-corrected chi connectivity index (χ0v) is 11.2. The molecule has 0 bridgehead atoms. The van der Waals surface area contributed by atoms with Crippen LogP contribution in [0.2, 0.25) is 0 Å². The third kappa shape index (κ3) is 4.34. The molecule has 3 N–H and O–H groups in total. The molecule has 1 aromatic carbocycles. The fourth-order valence-corrected chi connectivity index (χ4v) is 1.93. The number of carboxylic acid groups (broad SMARTS) is 1. The Hall–Kier alpha value is -1.01. The van der Waals surface area contributed by atoms with Gasteiger partial charge in [-0.3, -0.25) is 4.79 Å². The van der Waals surface area contributed by atoms with Crippen molar-refractivity contribution in [2.75, 3.05) is 0 Å². The first-order valence-corrected chi connectivity index (χ1v) is 6.33. The molecular weight excluding hydrogens is 308 g/mol. The summed E-state index contributed by atoms with van der Waals surface area (Å²) in [6.07, 6.45) is 1.52. The summed E-state index contributed by atoms with van der Waals surface area (Å²) in [4.78, 5) is 10.3. The van der Waals surface area contributed by atoms with E-state index in [0.717, 1.165) is 12.1 Å². The number of halogens is 3. The average molecular weight is 322 g/mol. The summed E-state index contributed by atoms with van der Waals surface area (Å²) in [5, 5.41) is 8.46. The number of aliphatic carboxylic acids is 1. The van der Waals surface area contributed by atoms with Crippen molar-refractivity contribution in [2.24, 2.45) is 5.73 Å². The van der Waals surface area contributed by atoms with Gasteiger partial charge in [0.2, 0.25) is 0 Å². The van der Waals surface area contributed by atoms with Crippen LogP contribution in [0, 0.1) is 11.6 Å². The van der Waals surface area contributed by atoms with Gasteiger partial charge in [0.15, 0.2) is 0 Å². The molecule has 1 atom stereocenters. The monoisotopic (exact) mass is 321 g/mol. The van der Waals surface area contributed by atoms with Crippen LogP contribution in [0.25, 0.3) is 0 Å². The quantitative estimate of drug-likeness (QED) is 0.623. The number of hydrogen-bond acceptors (Lipinski definition) is 2. The summed E-state index contributed by atoms with van der Waals surface area (Å²) in [6, 6.07) is 1.49. The maximum atomic E-state index is 13.5. The van der Waals surface area contributed by atoms with Gasteiger partial charge in [-0.2, -0.15) is 0 Å². The Balaban J connectivity index is 2.58. The van der Waals surface area contributed by atoms with E-state index in [2.05, 4.69) is 15.9 Å². The van der Waals surface area contributed by atoms with Gasteiger partial charge in [0.05, 0.1) is 4.47 Å². The van der Waals surface area contributed by atoms with Crippen molar-refractivity contribution in [1.29, 1.82) is 0 Å². The molecular formula is C12H14BrF2NO2. The van der Waals surface area contributed by atoms with Gasteiger partial charge in [-0.1, -0.05) is 6.42 Å². The van der Waals surface area contributed by atoms with Crippen molar-refractivity contribution < 1.29 is 18.7 Å². The van der Waals surface area contributed by atoms with Gasteiger partial charge >= 0.3 is 5.97 Å². The van der Waals surface area contributed by atoms with Crippen molar-refractivity contribution in [3.05, 3.63) is 33.8 Å². The normalized spacial score (nSPS) is 12.4. The number of unbranched alkanes of at least 4 members (excludes halogenated alkanes) is 1. The van der Waals surface area contributed by atoms with E-state index < -0.39 is 23.6 Å². The molecule has 3 nitrogen and oxygen atoms in total. The maximum Gasteiger partial charge on any atom is 0.303 e. The molecule has 6 heteroatoms. The number of hydrogen-bond donors (Lipinski definition) is 2. The van der Waals surface area contributed by atoms with E-state index in [1.807, 2.05) is 0 Å². The lowest BCUT2D eigenvalue weighted by atomic mass is 10.0. The smallest absolute Gasteiger partial charge is 0.303 e. The van der Waals surface area contributed by atoms with E-state index in [9.17, 15) is 13.6 Å². The van der Waals surface area contributed by atoms with E-state index in [1.54, 1.807) is 0 Å². The summed E-state index contributed by atoms with van der Waals surface area (Å²) >= 11 is 2.89. The molecule has 1 rings (SSSR count). The highest BCUT2D eigenvalue weighted by molar-refractivity contribution is 9.10. The molecule has 0 aliphatic rings. The first-order valence-electron chi connectivity index (χ1n) is 5.53. The van der Waals surface area contributed by atoms with Gasteiger partial charge in [0.1, 0.15) is 11.6 Å². The Morgan fingerprint density at radius 2 is 2.00 bits per heavy atom. The summed E-state index contributed by atoms with van der Waals surface area (Å²) in [7, 11) is 0. The largest absolute Gasteiger partial charge is 0.481 e. The second kappa shape index (κ2) is 6.80. The molecule has 0 radical (unpaired) electrons. The fraction of sp³-hybridized carbons (Fsp3) is 0.417. The predicted octanol–water partition coefficient (Wildman–Crippen LogP) is 3.37. The molecule has 0 heterocycles. The van der Waals surface area contributed by atoms with E-state index in [0.29, 0.717) is 19.3 Å². The Morgan fingerprint density at radius 3 is 2.61 bits per heavy atom. The van der Waals surface area contributed by atoms with Crippen LogP contribution in [0.4, 0.5) is 8.78 Å². The summed E-state index contributed by atoms with van der Waals surface area (Å²) in [5.74, 6) is -1.99. The minimum Gasteiger partial charge on any atom is -0.481 e. The summed E-state index contributed by atoms with van der Waals surface area (Å²) in [5.41, 5.74) is 5.88. The van der Waals surface area contributed by atoms with Gasteiger partial charge in [-0.15, -0.1) is 0 Å². The molecule has 0 saturated carbocycles. The lowest BCUT2D eigenvalue weighted by molar-refractivity contribution is -0.137. The Morgan fingerprint density at radius 1 is 1.33 bits per heavy atom. The first kappa shape index (κ1) is 15.0. The summed E-state index contributed by atoms with van der Waals surface area (Å²) in [6.45, 7) is 0. The van der Waals surface area contributed by atoms with Crippen molar-refractivity contribution >= 4 is 21.9 Å². The molecule has 100 valence electrons. The van der Waals surface area contributed by atoms with Crippen molar-refractivity contribution in [2.45, 2.75) is 31.7 Å². The van der Waals surface area contributed by atoms with Crippen molar-refractivity contribution in [3.63, 3.8) is 0 Å². The highest BCUT2D eigenvalue weighted by Gasteiger charge is 2.14.